The molecule has 4 nitrogen and oxygen atoms in total. The Morgan fingerprint density at radius 2 is 1.88 bits per heavy atom. The van der Waals surface area contributed by atoms with Crippen molar-refractivity contribution in [2.75, 3.05) is 5.32 Å². The normalized spacial score (nSPS) is 11.5. The highest BCUT2D eigenvalue weighted by molar-refractivity contribution is 7.16. The predicted molar refractivity (Wildman–Crippen MR) is 86.0 cm³/mol. The van der Waals surface area contributed by atoms with Gasteiger partial charge >= 0.3 is 6.18 Å². The van der Waals surface area contributed by atoms with Crippen LogP contribution in [0.1, 0.15) is 10.4 Å². The number of thiazole rings is 1. The lowest BCUT2D eigenvalue weighted by atomic mass is 10.2. The van der Waals surface area contributed by atoms with Gasteiger partial charge in [0.05, 0.1) is 22.7 Å². The summed E-state index contributed by atoms with van der Waals surface area (Å²) in [5.41, 5.74) is 1.14. The van der Waals surface area contributed by atoms with Crippen LogP contribution >= 0.6 is 11.3 Å². The smallest absolute Gasteiger partial charge is 0.391 e. The maximum Gasteiger partial charge on any atom is 0.416 e. The van der Waals surface area contributed by atoms with Crippen molar-refractivity contribution in [2.45, 2.75) is 12.8 Å². The zero-order valence-corrected chi connectivity index (χ0v) is 13.0. The van der Waals surface area contributed by atoms with Gasteiger partial charge in [-0.05, 0) is 36.4 Å². The van der Waals surface area contributed by atoms with Gasteiger partial charge in [0.1, 0.15) is 0 Å². The van der Waals surface area contributed by atoms with Crippen molar-refractivity contribution in [3.05, 3.63) is 59.2 Å². The first-order chi connectivity index (χ1) is 11.5. The second-order valence-electron chi connectivity index (χ2n) is 4.89. The summed E-state index contributed by atoms with van der Waals surface area (Å²) in [6.45, 7) is -0.184. The molecule has 0 unspecified atom stereocenters. The summed E-state index contributed by atoms with van der Waals surface area (Å²) in [6.07, 6.45) is -1.09. The van der Waals surface area contributed by atoms with Gasteiger partial charge in [0, 0.05) is 23.6 Å². The minimum atomic E-state index is -4.36. The fraction of sp³-hybridized carbons (Fsp3) is 0.125. The summed E-state index contributed by atoms with van der Waals surface area (Å²) in [5.74, 6) is 0. The minimum absolute atomic E-state index is 0.184. The van der Waals surface area contributed by atoms with Crippen LogP contribution < -0.4 is 5.32 Å². The first-order valence-electron chi connectivity index (χ1n) is 6.92. The number of halogens is 3. The van der Waals surface area contributed by atoms with Crippen LogP contribution in [0.25, 0.3) is 11.3 Å². The van der Waals surface area contributed by atoms with Gasteiger partial charge in [0.25, 0.3) is 0 Å². The van der Waals surface area contributed by atoms with E-state index in [1.165, 1.54) is 23.5 Å². The molecule has 3 rings (SSSR count). The predicted octanol–water partition coefficient (Wildman–Crippen LogP) is 4.46. The van der Waals surface area contributed by atoms with Gasteiger partial charge in [-0.15, -0.1) is 0 Å². The number of aromatic nitrogens is 2. The van der Waals surface area contributed by atoms with E-state index in [1.807, 2.05) is 6.07 Å². The average molecular weight is 351 g/mol. The lowest BCUT2D eigenvalue weighted by Crippen LogP contribution is -2.04. The third-order valence-corrected chi connectivity index (χ3v) is 4.19. The molecule has 2 N–H and O–H groups in total. The first-order valence-corrected chi connectivity index (χ1v) is 7.74. The van der Waals surface area contributed by atoms with E-state index in [9.17, 15) is 18.3 Å². The second-order valence-corrected chi connectivity index (χ2v) is 5.97. The largest absolute Gasteiger partial charge is 0.416 e. The molecule has 0 aliphatic heterocycles. The molecule has 0 fully saturated rings. The molecule has 0 aliphatic rings. The highest BCUT2D eigenvalue weighted by atomic mass is 32.1. The van der Waals surface area contributed by atoms with E-state index in [0.717, 1.165) is 17.7 Å². The molecule has 24 heavy (non-hydrogen) atoms. The molecule has 2 heterocycles. The van der Waals surface area contributed by atoms with Gasteiger partial charge in [-0.3, -0.25) is 4.98 Å². The van der Waals surface area contributed by atoms with Gasteiger partial charge in [0.2, 0.25) is 0 Å². The Labute approximate surface area is 139 Å². The zero-order valence-electron chi connectivity index (χ0n) is 12.2. The van der Waals surface area contributed by atoms with Gasteiger partial charge in [-0.1, -0.05) is 11.3 Å². The summed E-state index contributed by atoms with van der Waals surface area (Å²) in [7, 11) is 0. The van der Waals surface area contributed by atoms with E-state index in [4.69, 9.17) is 0 Å². The van der Waals surface area contributed by atoms with Crippen LogP contribution in [0.3, 0.4) is 0 Å². The van der Waals surface area contributed by atoms with Crippen LogP contribution in [0, 0.1) is 0 Å². The average Bonchev–Trinajstić information content (AvgIpc) is 2.98. The number of hydrogen-bond acceptors (Lipinski definition) is 5. The Kier molecular flexibility index (Phi) is 4.50. The van der Waals surface area contributed by atoms with Crippen LogP contribution in [0.4, 0.5) is 24.0 Å². The molecular weight excluding hydrogens is 339 g/mol. The van der Waals surface area contributed by atoms with Crippen LogP contribution in [-0.4, -0.2) is 15.1 Å². The number of anilines is 2. The maximum absolute atomic E-state index is 12.6. The number of rotatable bonds is 4. The van der Waals surface area contributed by atoms with E-state index < -0.39 is 11.7 Å². The van der Waals surface area contributed by atoms with Gasteiger partial charge in [-0.25, -0.2) is 4.98 Å². The lowest BCUT2D eigenvalue weighted by Gasteiger charge is -2.07. The van der Waals surface area contributed by atoms with E-state index in [2.05, 4.69) is 15.3 Å². The first kappa shape index (κ1) is 16.4. The van der Waals surface area contributed by atoms with E-state index >= 15 is 0 Å². The SMILES string of the molecule is OCc1sc(Nc2ccc(C(F)(F)F)cc2)nc1-c1cccnc1. The Balaban J connectivity index is 1.85. The van der Waals surface area contributed by atoms with Crippen molar-refractivity contribution in [1.82, 2.24) is 9.97 Å². The summed E-state index contributed by atoms with van der Waals surface area (Å²) in [6, 6.07) is 8.27. The second kappa shape index (κ2) is 6.58. The summed E-state index contributed by atoms with van der Waals surface area (Å²) < 4.78 is 37.7. The summed E-state index contributed by atoms with van der Waals surface area (Å²) in [5, 5.41) is 12.9. The third kappa shape index (κ3) is 3.55. The molecule has 124 valence electrons. The standard InChI is InChI=1S/C16H12F3N3OS/c17-16(18,19)11-3-5-12(6-4-11)21-15-22-14(13(9-23)24-15)10-2-1-7-20-8-10/h1-8,23H,9H2,(H,21,22). The molecule has 0 amide bonds. The molecular formula is C16H12F3N3OS. The van der Waals surface area contributed by atoms with Gasteiger partial charge in [-0.2, -0.15) is 13.2 Å². The quantitative estimate of drug-likeness (QED) is 0.729. The summed E-state index contributed by atoms with van der Waals surface area (Å²) >= 11 is 1.24. The number of nitrogens with one attached hydrogen (secondary N) is 1. The van der Waals surface area contributed by atoms with Crippen molar-refractivity contribution in [1.29, 1.82) is 0 Å². The van der Waals surface area contributed by atoms with Crippen molar-refractivity contribution < 1.29 is 18.3 Å². The van der Waals surface area contributed by atoms with Crippen molar-refractivity contribution in [2.24, 2.45) is 0 Å². The highest BCUT2D eigenvalue weighted by Crippen LogP contribution is 2.34. The van der Waals surface area contributed by atoms with Gasteiger partial charge < -0.3 is 10.4 Å². The number of benzene rings is 1. The molecule has 0 atom stereocenters. The molecule has 0 bridgehead atoms. The number of nitrogens with zero attached hydrogens (tertiary/aromatic N) is 2. The monoisotopic (exact) mass is 351 g/mol. The Hall–Kier alpha value is -2.45. The fourth-order valence-electron chi connectivity index (χ4n) is 2.11. The lowest BCUT2D eigenvalue weighted by molar-refractivity contribution is -0.137. The Morgan fingerprint density at radius 1 is 1.12 bits per heavy atom. The van der Waals surface area contributed by atoms with Crippen molar-refractivity contribution in [3.8, 4) is 11.3 Å². The number of pyridine rings is 1. The molecule has 0 radical (unpaired) electrons. The van der Waals surface area contributed by atoms with Crippen LogP contribution in [-0.2, 0) is 12.8 Å². The zero-order chi connectivity index (χ0) is 17.2. The molecule has 0 saturated carbocycles. The number of hydrogen-bond donors (Lipinski definition) is 2. The Bertz CT molecular complexity index is 817. The van der Waals surface area contributed by atoms with E-state index in [-0.39, 0.29) is 6.61 Å². The maximum atomic E-state index is 12.6. The number of aliphatic hydroxyl groups excluding tert-OH is 1. The highest BCUT2D eigenvalue weighted by Gasteiger charge is 2.29. The number of alkyl halides is 3. The van der Waals surface area contributed by atoms with E-state index in [1.54, 1.807) is 18.5 Å². The molecule has 3 aromatic rings. The van der Waals surface area contributed by atoms with Crippen LogP contribution in [0.2, 0.25) is 0 Å². The van der Waals surface area contributed by atoms with Crippen molar-refractivity contribution >= 4 is 22.2 Å². The molecule has 0 spiro atoms. The molecule has 0 saturated heterocycles. The minimum Gasteiger partial charge on any atom is -0.391 e. The molecule has 2 aromatic heterocycles. The topological polar surface area (TPSA) is 58.0 Å². The van der Waals surface area contributed by atoms with Crippen LogP contribution in [0.15, 0.2) is 48.8 Å². The molecule has 1 aromatic carbocycles. The third-order valence-electron chi connectivity index (χ3n) is 3.24. The van der Waals surface area contributed by atoms with Crippen LogP contribution in [0.5, 0.6) is 0 Å². The van der Waals surface area contributed by atoms with Gasteiger partial charge in [0.15, 0.2) is 5.13 Å². The molecule has 8 heteroatoms. The summed E-state index contributed by atoms with van der Waals surface area (Å²) in [4.78, 5) is 9.07. The molecule has 0 aliphatic carbocycles. The fourth-order valence-corrected chi connectivity index (χ4v) is 2.97. The van der Waals surface area contributed by atoms with Crippen molar-refractivity contribution in [3.63, 3.8) is 0 Å². The van der Waals surface area contributed by atoms with E-state index in [0.29, 0.717) is 21.4 Å². The Morgan fingerprint density at radius 3 is 2.46 bits per heavy atom. The number of aliphatic hydroxyl groups is 1.